The van der Waals surface area contributed by atoms with E-state index < -0.39 is 0 Å². The predicted octanol–water partition coefficient (Wildman–Crippen LogP) is 10.9. The number of fused-ring (bicyclic) bond motifs is 10. The topological polar surface area (TPSA) is 156 Å². The molecule has 0 aliphatic carbocycles. The Kier molecular flexibility index (Phi) is 13.8. The molecule has 2 saturated heterocycles. The molecule has 10 aromatic rings. The van der Waals surface area contributed by atoms with Crippen molar-refractivity contribution in [2.75, 3.05) is 40.5 Å². The number of hydrogen-bond acceptors (Lipinski definition) is 10. The highest BCUT2D eigenvalue weighted by atomic mass is 79.9. The lowest BCUT2D eigenvalue weighted by Crippen LogP contribution is -2.26. The number of aromatic nitrogens is 10. The van der Waals surface area contributed by atoms with E-state index in [9.17, 15) is 9.59 Å². The van der Waals surface area contributed by atoms with Gasteiger partial charge in [0.25, 0.3) is 11.8 Å². The Hall–Kier alpha value is -7.60. The van der Waals surface area contributed by atoms with Crippen LogP contribution >= 0.6 is 15.9 Å². The first-order valence-electron chi connectivity index (χ1n) is 26.9. The number of nitrogens with zero attached hydrogens (tertiary/aromatic N) is 12. The van der Waals surface area contributed by atoms with Crippen molar-refractivity contribution >= 4 is 71.6 Å². The number of carbonyl (C=O) groups is 2. The zero-order valence-electron chi connectivity index (χ0n) is 45.2. The molecule has 0 bridgehead atoms. The first-order valence-corrected chi connectivity index (χ1v) is 27.7. The molecule has 4 aliphatic heterocycles. The highest BCUT2D eigenvalue weighted by Gasteiger charge is 2.36. The molecular formula is C61H63BrN12O4. The third kappa shape index (κ3) is 8.94. The number of halogens is 1. The quantitative estimate of drug-likeness (QED) is 0.151. The van der Waals surface area contributed by atoms with Gasteiger partial charge in [0, 0.05) is 112 Å². The van der Waals surface area contributed by atoms with Crippen LogP contribution in [-0.4, -0.2) is 111 Å². The molecule has 2 fully saturated rings. The van der Waals surface area contributed by atoms with E-state index in [1.54, 1.807) is 14.5 Å². The Morgan fingerprint density at radius 2 is 1.01 bits per heavy atom. The van der Waals surface area contributed by atoms with Crippen molar-refractivity contribution in [3.8, 4) is 11.3 Å². The van der Waals surface area contributed by atoms with Crippen molar-refractivity contribution in [1.82, 2.24) is 58.9 Å². The largest absolute Gasteiger partial charge is 0.381 e. The van der Waals surface area contributed by atoms with Gasteiger partial charge in [-0.1, -0.05) is 71.1 Å². The monoisotopic (exact) mass is 1110 g/mol. The van der Waals surface area contributed by atoms with E-state index in [1.807, 2.05) is 78.2 Å². The normalized spacial score (nSPS) is 16.7. The summed E-state index contributed by atoms with van der Waals surface area (Å²) in [6.45, 7) is 10.3. The van der Waals surface area contributed by atoms with E-state index in [4.69, 9.17) is 19.4 Å². The fraction of sp³-hybridized carbons (Fsp3) is 0.344. The van der Waals surface area contributed by atoms with Crippen molar-refractivity contribution in [1.29, 1.82) is 0 Å². The van der Waals surface area contributed by atoms with Crippen LogP contribution in [0.15, 0.2) is 114 Å². The number of amides is 2. The molecule has 0 spiro atoms. The van der Waals surface area contributed by atoms with E-state index in [-0.39, 0.29) is 23.9 Å². The third-order valence-electron chi connectivity index (χ3n) is 16.6. The van der Waals surface area contributed by atoms with Crippen molar-refractivity contribution in [3.05, 3.63) is 164 Å². The number of hydrogen-bond donors (Lipinski definition) is 0. The molecule has 0 N–H and O–H groups in total. The molecule has 78 heavy (non-hydrogen) atoms. The molecule has 6 aromatic heterocycles. The lowest BCUT2D eigenvalue weighted by Gasteiger charge is -2.33. The fourth-order valence-corrected chi connectivity index (χ4v) is 12.9. The summed E-state index contributed by atoms with van der Waals surface area (Å²) in [6.07, 6.45) is 7.81. The summed E-state index contributed by atoms with van der Waals surface area (Å²) in [7, 11) is 7.53. The van der Waals surface area contributed by atoms with Crippen LogP contribution in [0, 0.1) is 32.6 Å². The van der Waals surface area contributed by atoms with E-state index in [1.165, 1.54) is 11.1 Å². The Morgan fingerprint density at radius 3 is 1.45 bits per heavy atom. The lowest BCUT2D eigenvalue weighted by atomic mass is 9.86. The number of rotatable bonds is 7. The Labute approximate surface area is 461 Å². The molecule has 2 amide bonds. The van der Waals surface area contributed by atoms with Gasteiger partial charge in [-0.25, -0.2) is 4.68 Å². The summed E-state index contributed by atoms with van der Waals surface area (Å²) in [5, 5.41) is 18.3. The van der Waals surface area contributed by atoms with Gasteiger partial charge in [0.1, 0.15) is 0 Å². The molecule has 4 aliphatic rings. The highest BCUT2D eigenvalue weighted by Crippen LogP contribution is 2.46. The average molecular weight is 1110 g/mol. The van der Waals surface area contributed by atoms with E-state index in [2.05, 4.69) is 131 Å². The maximum absolute atomic E-state index is 12.9. The summed E-state index contributed by atoms with van der Waals surface area (Å²) < 4.78 is 21.0. The van der Waals surface area contributed by atoms with Crippen LogP contribution in [0.4, 0.5) is 0 Å². The van der Waals surface area contributed by atoms with Gasteiger partial charge in [-0.05, 0) is 133 Å². The predicted molar refractivity (Wildman–Crippen MR) is 305 cm³/mol. The average Bonchev–Trinajstić information content (AvgIpc) is 4.45. The number of carbonyl (C=O) groups excluding carboxylic acids is 2. The van der Waals surface area contributed by atoms with Gasteiger partial charge in [0.05, 0.1) is 68.0 Å². The van der Waals surface area contributed by atoms with Crippen LogP contribution in [-0.2, 0) is 36.7 Å². The van der Waals surface area contributed by atoms with Crippen LogP contribution in [0.3, 0.4) is 0 Å². The Bertz CT molecular complexity index is 3870. The summed E-state index contributed by atoms with van der Waals surface area (Å²) in [5.74, 6) is 1.02. The first-order chi connectivity index (χ1) is 37.9. The number of ether oxygens (including phenoxy) is 2. The van der Waals surface area contributed by atoms with Gasteiger partial charge in [0.2, 0.25) is 0 Å². The fourth-order valence-electron chi connectivity index (χ4n) is 12.6. The zero-order valence-corrected chi connectivity index (χ0v) is 46.7. The SMILES string of the molecule is CN1Cc2c(ccc3c2c2ncc(Br)cc2n3[C@H](c2ccccc2)C2CCOCC2)C1=O.Cc1nnn(C)c1-c1cnc2c3c4c(ccc3n([C@H](c3ccccc3)C3CCOCC3)c2c1)C(=O)N(C)C4.Cc1nnn(C)c1C. The van der Waals surface area contributed by atoms with E-state index >= 15 is 0 Å². The van der Waals surface area contributed by atoms with Crippen LogP contribution in [0.1, 0.15) is 97.8 Å². The summed E-state index contributed by atoms with van der Waals surface area (Å²) in [4.78, 5) is 39.2. The minimum atomic E-state index is 0.0695. The van der Waals surface area contributed by atoms with Gasteiger partial charge >= 0.3 is 0 Å². The standard InChI is InChI=1S/C30H30N6O2.C26H24BrN3O2.C5H9N3/c1-18-28(35(3)33-32-18)21-15-25-27(31-16-21)26-23-17-34(2)30(37)22(23)9-10-24(26)36(25)29(19-7-5-4-6-8-19)20-11-13-38-14-12-20;1-29-15-20-19(26(29)31)7-8-21-23(20)24-22(13-18(27)14-28-24)30(21)25(16-5-3-2-4-6-16)17-9-11-32-12-10-17;1-4-5(2)8(3)7-6-4/h4-10,15-16,20,29H,11-14,17H2,1-3H3;2-8,13-14,17,25H,9-12,15H2,1H3;1-3H3/t29-;25-;/m11./s1. The van der Waals surface area contributed by atoms with Gasteiger partial charge < -0.3 is 28.4 Å². The van der Waals surface area contributed by atoms with Crippen LogP contribution in [0.5, 0.6) is 0 Å². The number of benzene rings is 4. The number of pyridine rings is 2. The molecular weight excluding hydrogens is 1040 g/mol. The highest BCUT2D eigenvalue weighted by molar-refractivity contribution is 9.10. The van der Waals surface area contributed by atoms with Crippen LogP contribution in [0.2, 0.25) is 0 Å². The minimum Gasteiger partial charge on any atom is -0.381 e. The molecule has 4 aromatic carbocycles. The van der Waals surface area contributed by atoms with Crippen molar-refractivity contribution in [3.63, 3.8) is 0 Å². The second-order valence-electron chi connectivity index (χ2n) is 21.3. The summed E-state index contributed by atoms with van der Waals surface area (Å²) in [6, 6.07) is 34.5. The van der Waals surface area contributed by atoms with E-state index in [0.717, 1.165) is 151 Å². The number of aryl methyl sites for hydroxylation is 4. The Balaban J connectivity index is 0.000000138. The molecule has 14 rings (SSSR count). The first kappa shape index (κ1) is 51.2. The summed E-state index contributed by atoms with van der Waals surface area (Å²) >= 11 is 3.65. The van der Waals surface area contributed by atoms with E-state index in [0.29, 0.717) is 24.9 Å². The molecule has 398 valence electrons. The smallest absolute Gasteiger partial charge is 0.254 e. The maximum Gasteiger partial charge on any atom is 0.254 e. The molecule has 2 atom stereocenters. The minimum absolute atomic E-state index is 0.0695. The van der Waals surface area contributed by atoms with Gasteiger partial charge in [-0.15, -0.1) is 10.2 Å². The molecule has 10 heterocycles. The van der Waals surface area contributed by atoms with Crippen LogP contribution < -0.4 is 0 Å². The van der Waals surface area contributed by atoms with Crippen molar-refractivity contribution in [2.24, 2.45) is 25.9 Å². The van der Waals surface area contributed by atoms with Crippen LogP contribution in [0.25, 0.3) is 55.1 Å². The van der Waals surface area contributed by atoms with Crippen molar-refractivity contribution < 1.29 is 19.1 Å². The van der Waals surface area contributed by atoms with Gasteiger partial charge in [-0.3, -0.25) is 24.2 Å². The maximum atomic E-state index is 12.9. The van der Waals surface area contributed by atoms with Gasteiger partial charge in [-0.2, -0.15) is 0 Å². The molecule has 16 nitrogen and oxygen atoms in total. The molecule has 0 saturated carbocycles. The zero-order chi connectivity index (χ0) is 53.9. The lowest BCUT2D eigenvalue weighted by molar-refractivity contribution is 0.0552. The molecule has 17 heteroatoms. The second kappa shape index (κ2) is 21.0. The van der Waals surface area contributed by atoms with Gasteiger partial charge in [0.15, 0.2) is 0 Å². The van der Waals surface area contributed by atoms with Crippen molar-refractivity contribution in [2.45, 2.75) is 71.6 Å². The second-order valence-corrected chi connectivity index (χ2v) is 22.2. The molecule has 0 unspecified atom stereocenters. The Morgan fingerprint density at radius 1 is 0.551 bits per heavy atom. The summed E-state index contributed by atoms with van der Waals surface area (Å²) in [5.41, 5.74) is 17.6. The molecule has 0 radical (unpaired) electrons. The third-order valence-corrected chi connectivity index (χ3v) is 17.0.